The van der Waals surface area contributed by atoms with E-state index in [0.717, 1.165) is 25.4 Å². The number of hydrogen-bond acceptors (Lipinski definition) is 4. The smallest absolute Gasteiger partial charge is 0.162 e. The van der Waals surface area contributed by atoms with Crippen LogP contribution in [0.15, 0.2) is 0 Å². The van der Waals surface area contributed by atoms with Crippen LogP contribution in [0.3, 0.4) is 0 Å². The second kappa shape index (κ2) is 4.28. The topological polar surface area (TPSA) is 60.2 Å². The van der Waals surface area contributed by atoms with Gasteiger partial charge in [-0.15, -0.1) is 10.2 Å². The molecule has 0 radical (unpaired) electrons. The van der Waals surface area contributed by atoms with Gasteiger partial charge >= 0.3 is 0 Å². The molecule has 1 aliphatic heterocycles. The van der Waals surface area contributed by atoms with Crippen molar-refractivity contribution < 1.29 is 9.84 Å². The van der Waals surface area contributed by atoms with Gasteiger partial charge in [-0.25, -0.2) is 0 Å². The molecular formula is C10H17N3O2. The number of aromatic nitrogens is 3. The molecule has 84 valence electrons. The first-order chi connectivity index (χ1) is 7.27. The molecule has 15 heavy (non-hydrogen) atoms. The lowest BCUT2D eigenvalue weighted by molar-refractivity contribution is 0.0836. The summed E-state index contributed by atoms with van der Waals surface area (Å²) >= 11 is 0. The zero-order chi connectivity index (χ0) is 10.8. The Hall–Kier alpha value is -0.940. The fourth-order valence-electron chi connectivity index (χ4n) is 2.05. The Kier molecular flexibility index (Phi) is 3.02. The molecule has 2 atom stereocenters. The molecule has 1 fully saturated rings. The monoisotopic (exact) mass is 211 g/mol. The van der Waals surface area contributed by atoms with Gasteiger partial charge in [0.1, 0.15) is 12.7 Å². The third-order valence-electron chi connectivity index (χ3n) is 2.96. The number of nitrogens with zero attached hydrogens (tertiary/aromatic N) is 3. The van der Waals surface area contributed by atoms with Crippen molar-refractivity contribution in [3.63, 3.8) is 0 Å². The van der Waals surface area contributed by atoms with Crippen LogP contribution in [-0.2, 0) is 17.9 Å². The highest BCUT2D eigenvalue weighted by Crippen LogP contribution is 2.33. The van der Waals surface area contributed by atoms with Gasteiger partial charge in [-0.1, -0.05) is 6.92 Å². The highest BCUT2D eigenvalue weighted by molar-refractivity contribution is 5.01. The second-order valence-electron chi connectivity index (χ2n) is 3.93. The van der Waals surface area contributed by atoms with Crippen LogP contribution in [0.25, 0.3) is 0 Å². The predicted octanol–water partition coefficient (Wildman–Crippen LogP) is 0.888. The van der Waals surface area contributed by atoms with Gasteiger partial charge in [0.25, 0.3) is 0 Å². The van der Waals surface area contributed by atoms with Crippen molar-refractivity contribution in [2.24, 2.45) is 5.92 Å². The van der Waals surface area contributed by atoms with Crippen molar-refractivity contribution in [2.45, 2.75) is 39.5 Å². The molecule has 1 aliphatic rings. The van der Waals surface area contributed by atoms with Crippen molar-refractivity contribution in [3.05, 3.63) is 11.6 Å². The molecule has 0 aromatic carbocycles. The van der Waals surface area contributed by atoms with E-state index >= 15 is 0 Å². The minimum atomic E-state index is -0.0675. The molecule has 1 saturated heterocycles. The second-order valence-corrected chi connectivity index (χ2v) is 3.93. The number of aliphatic hydroxyl groups is 1. The predicted molar refractivity (Wildman–Crippen MR) is 54.1 cm³/mol. The molecule has 2 heterocycles. The highest BCUT2D eigenvalue weighted by atomic mass is 16.5. The van der Waals surface area contributed by atoms with Crippen molar-refractivity contribution in [1.29, 1.82) is 0 Å². The molecule has 5 nitrogen and oxygen atoms in total. The van der Waals surface area contributed by atoms with Gasteiger partial charge in [-0.05, 0) is 19.3 Å². The molecule has 1 N–H and O–H groups in total. The van der Waals surface area contributed by atoms with Gasteiger partial charge in [0.05, 0.1) is 0 Å². The van der Waals surface area contributed by atoms with Gasteiger partial charge in [-0.2, -0.15) is 0 Å². The summed E-state index contributed by atoms with van der Waals surface area (Å²) in [6.07, 6.45) is 1.10. The third kappa shape index (κ3) is 1.77. The third-order valence-corrected chi connectivity index (χ3v) is 2.96. The molecule has 5 heteroatoms. The molecule has 2 unspecified atom stereocenters. The summed E-state index contributed by atoms with van der Waals surface area (Å²) in [5.74, 6) is 1.95. The van der Waals surface area contributed by atoms with E-state index in [0.29, 0.717) is 11.7 Å². The lowest BCUT2D eigenvalue weighted by Gasteiger charge is -2.15. The maximum atomic E-state index is 9.11. The SMILES string of the molecule is CCn1c(CO)nnc1C1OCCC1C. The highest BCUT2D eigenvalue weighted by Gasteiger charge is 2.30. The summed E-state index contributed by atoms with van der Waals surface area (Å²) in [5.41, 5.74) is 0. The van der Waals surface area contributed by atoms with Crippen molar-refractivity contribution >= 4 is 0 Å². The van der Waals surface area contributed by atoms with Crippen molar-refractivity contribution in [3.8, 4) is 0 Å². The first-order valence-corrected chi connectivity index (χ1v) is 5.42. The molecule has 0 spiro atoms. The van der Waals surface area contributed by atoms with Gasteiger partial charge in [0.15, 0.2) is 11.6 Å². The van der Waals surface area contributed by atoms with E-state index in [9.17, 15) is 0 Å². The van der Waals surface area contributed by atoms with Gasteiger partial charge in [-0.3, -0.25) is 0 Å². The molecule has 2 rings (SSSR count). The minimum Gasteiger partial charge on any atom is -0.388 e. The number of hydrogen-bond donors (Lipinski definition) is 1. The van der Waals surface area contributed by atoms with Crippen molar-refractivity contribution in [1.82, 2.24) is 14.8 Å². The summed E-state index contributed by atoms with van der Waals surface area (Å²) in [6.45, 7) is 5.67. The minimum absolute atomic E-state index is 0.0396. The molecule has 0 bridgehead atoms. The van der Waals surface area contributed by atoms with E-state index in [1.54, 1.807) is 0 Å². The average Bonchev–Trinajstić information content (AvgIpc) is 2.82. The summed E-state index contributed by atoms with van der Waals surface area (Å²) in [7, 11) is 0. The first kappa shape index (κ1) is 10.6. The van der Waals surface area contributed by atoms with Crippen molar-refractivity contribution in [2.75, 3.05) is 6.61 Å². The Morgan fingerprint density at radius 2 is 2.33 bits per heavy atom. The molecular weight excluding hydrogens is 194 g/mol. The lowest BCUT2D eigenvalue weighted by Crippen LogP contribution is -2.13. The fourth-order valence-corrected chi connectivity index (χ4v) is 2.05. The Bertz CT molecular complexity index is 337. The zero-order valence-electron chi connectivity index (χ0n) is 9.18. The average molecular weight is 211 g/mol. The van der Waals surface area contributed by atoms with Gasteiger partial charge < -0.3 is 14.4 Å². The zero-order valence-corrected chi connectivity index (χ0v) is 9.18. The quantitative estimate of drug-likeness (QED) is 0.806. The summed E-state index contributed by atoms with van der Waals surface area (Å²) in [6, 6.07) is 0. The number of ether oxygens (including phenoxy) is 1. The van der Waals surface area contributed by atoms with Crippen LogP contribution in [-0.4, -0.2) is 26.5 Å². The maximum absolute atomic E-state index is 9.11. The van der Waals surface area contributed by atoms with E-state index in [1.807, 2.05) is 11.5 Å². The van der Waals surface area contributed by atoms with E-state index in [1.165, 1.54) is 0 Å². The molecule has 1 aromatic heterocycles. The van der Waals surface area contributed by atoms with E-state index in [-0.39, 0.29) is 12.7 Å². The number of aliphatic hydroxyl groups excluding tert-OH is 1. The van der Waals surface area contributed by atoms with Crippen LogP contribution in [0, 0.1) is 5.92 Å². The van der Waals surface area contributed by atoms with E-state index in [2.05, 4.69) is 17.1 Å². The first-order valence-electron chi connectivity index (χ1n) is 5.42. The molecule has 0 saturated carbocycles. The fraction of sp³-hybridized carbons (Fsp3) is 0.800. The standard InChI is InChI=1S/C10H17N3O2/c1-3-13-8(6-14)11-12-10(13)9-7(2)4-5-15-9/h7,9,14H,3-6H2,1-2H3. The van der Waals surface area contributed by atoms with Gasteiger partial charge in [0.2, 0.25) is 0 Å². The van der Waals surface area contributed by atoms with E-state index < -0.39 is 0 Å². The molecule has 0 aliphatic carbocycles. The Labute approximate surface area is 89.1 Å². The summed E-state index contributed by atoms with van der Waals surface area (Å²) in [4.78, 5) is 0. The Morgan fingerprint density at radius 1 is 1.53 bits per heavy atom. The maximum Gasteiger partial charge on any atom is 0.162 e. The van der Waals surface area contributed by atoms with Crippen LogP contribution in [0.4, 0.5) is 0 Å². The van der Waals surface area contributed by atoms with E-state index in [4.69, 9.17) is 9.84 Å². The Morgan fingerprint density at radius 3 is 2.87 bits per heavy atom. The summed E-state index contributed by atoms with van der Waals surface area (Å²) in [5, 5.41) is 17.2. The van der Waals surface area contributed by atoms with Crippen LogP contribution in [0.2, 0.25) is 0 Å². The molecule has 0 amide bonds. The Balaban J connectivity index is 2.30. The normalized spacial score (nSPS) is 26.1. The van der Waals surface area contributed by atoms with Crippen LogP contribution >= 0.6 is 0 Å². The van der Waals surface area contributed by atoms with Crippen LogP contribution in [0.1, 0.15) is 38.0 Å². The number of rotatable bonds is 3. The van der Waals surface area contributed by atoms with Gasteiger partial charge in [0, 0.05) is 13.2 Å². The lowest BCUT2D eigenvalue weighted by atomic mass is 10.0. The largest absolute Gasteiger partial charge is 0.388 e. The molecule has 1 aromatic rings. The summed E-state index contributed by atoms with van der Waals surface area (Å²) < 4.78 is 7.58. The van der Waals surface area contributed by atoms with Crippen LogP contribution in [0.5, 0.6) is 0 Å². The van der Waals surface area contributed by atoms with Crippen LogP contribution < -0.4 is 0 Å².